The lowest BCUT2D eigenvalue weighted by atomic mass is 9.98. The van der Waals surface area contributed by atoms with Crippen molar-refractivity contribution in [3.63, 3.8) is 0 Å². The van der Waals surface area contributed by atoms with Gasteiger partial charge in [0.05, 0.1) is 12.1 Å². The topological polar surface area (TPSA) is 41.6 Å². The predicted octanol–water partition coefficient (Wildman–Crippen LogP) is 3.59. The third-order valence-electron chi connectivity index (χ3n) is 4.12. The van der Waals surface area contributed by atoms with Crippen molar-refractivity contribution in [2.24, 2.45) is 0 Å². The molecule has 1 N–H and O–H groups in total. The molecule has 5 heteroatoms. The first-order valence-corrected chi connectivity index (χ1v) is 7.90. The molecule has 0 saturated heterocycles. The summed E-state index contributed by atoms with van der Waals surface area (Å²) in [5, 5.41) is 3.44. The van der Waals surface area contributed by atoms with E-state index in [9.17, 15) is 4.79 Å². The van der Waals surface area contributed by atoms with E-state index >= 15 is 0 Å². The normalized spacial score (nSPS) is 14.2. The van der Waals surface area contributed by atoms with Gasteiger partial charge in [-0.05, 0) is 48.9 Å². The summed E-state index contributed by atoms with van der Waals surface area (Å²) in [6.45, 7) is 1.90. The SMILES string of the molecule is COc1ccc(C(=O)Nc2cccc3c2CCN(C)C3)cc1Cl. The van der Waals surface area contributed by atoms with Crippen LogP contribution in [0.25, 0.3) is 0 Å². The summed E-state index contributed by atoms with van der Waals surface area (Å²) in [6.07, 6.45) is 0.936. The number of halogens is 1. The Bertz CT molecular complexity index is 746. The average molecular weight is 331 g/mol. The number of ether oxygens (including phenoxy) is 1. The summed E-state index contributed by atoms with van der Waals surface area (Å²) < 4.78 is 5.11. The Kier molecular flexibility index (Phi) is 4.55. The highest BCUT2D eigenvalue weighted by atomic mass is 35.5. The van der Waals surface area contributed by atoms with Gasteiger partial charge in [0.2, 0.25) is 0 Å². The van der Waals surface area contributed by atoms with Crippen LogP contribution >= 0.6 is 11.6 Å². The highest BCUT2D eigenvalue weighted by Gasteiger charge is 2.18. The van der Waals surface area contributed by atoms with Crippen LogP contribution < -0.4 is 10.1 Å². The number of nitrogens with one attached hydrogen (secondary N) is 1. The van der Waals surface area contributed by atoms with Gasteiger partial charge >= 0.3 is 0 Å². The van der Waals surface area contributed by atoms with Crippen LogP contribution in [0.4, 0.5) is 5.69 Å². The summed E-state index contributed by atoms with van der Waals surface area (Å²) in [4.78, 5) is 14.8. The van der Waals surface area contributed by atoms with Crippen LogP contribution in [0.3, 0.4) is 0 Å². The summed E-state index contributed by atoms with van der Waals surface area (Å²) in [7, 11) is 3.65. The number of anilines is 1. The smallest absolute Gasteiger partial charge is 0.255 e. The molecule has 0 aliphatic carbocycles. The van der Waals surface area contributed by atoms with Gasteiger partial charge in [-0.3, -0.25) is 4.79 Å². The summed E-state index contributed by atoms with van der Waals surface area (Å²) in [5.41, 5.74) is 3.89. The van der Waals surface area contributed by atoms with Gasteiger partial charge in [-0.1, -0.05) is 23.7 Å². The van der Waals surface area contributed by atoms with Gasteiger partial charge < -0.3 is 15.0 Å². The molecule has 23 heavy (non-hydrogen) atoms. The van der Waals surface area contributed by atoms with E-state index in [1.807, 2.05) is 12.1 Å². The Morgan fingerprint density at radius 1 is 1.30 bits per heavy atom. The number of methoxy groups -OCH3 is 1. The molecule has 0 spiro atoms. The first-order chi connectivity index (χ1) is 11.1. The van der Waals surface area contributed by atoms with E-state index in [-0.39, 0.29) is 5.91 Å². The molecule has 4 nitrogen and oxygen atoms in total. The fraction of sp³-hybridized carbons (Fsp3) is 0.278. The quantitative estimate of drug-likeness (QED) is 0.935. The van der Waals surface area contributed by atoms with Crippen LogP contribution in [0.2, 0.25) is 5.02 Å². The van der Waals surface area contributed by atoms with E-state index in [1.54, 1.807) is 25.3 Å². The van der Waals surface area contributed by atoms with Crippen molar-refractivity contribution in [2.75, 3.05) is 26.0 Å². The van der Waals surface area contributed by atoms with Crippen molar-refractivity contribution >= 4 is 23.2 Å². The van der Waals surface area contributed by atoms with Crippen LogP contribution in [-0.4, -0.2) is 31.5 Å². The highest BCUT2D eigenvalue weighted by Crippen LogP contribution is 2.28. The van der Waals surface area contributed by atoms with Gasteiger partial charge in [-0.15, -0.1) is 0 Å². The number of likely N-dealkylation sites (N-methyl/N-ethyl adjacent to an activating group) is 1. The number of nitrogens with zero attached hydrogens (tertiary/aromatic N) is 1. The number of rotatable bonds is 3. The standard InChI is InChI=1S/C18H19ClN2O2/c1-21-9-8-14-13(11-21)4-3-5-16(14)20-18(22)12-6-7-17(23-2)15(19)10-12/h3-7,10H,8-9,11H2,1-2H3,(H,20,22). The van der Waals surface area contributed by atoms with E-state index in [4.69, 9.17) is 16.3 Å². The lowest BCUT2D eigenvalue weighted by Gasteiger charge is -2.26. The fourth-order valence-electron chi connectivity index (χ4n) is 2.87. The Hall–Kier alpha value is -2.04. The second-order valence-corrected chi connectivity index (χ2v) is 6.14. The molecule has 0 saturated carbocycles. The van der Waals surface area contributed by atoms with Crippen LogP contribution in [0.15, 0.2) is 36.4 Å². The van der Waals surface area contributed by atoms with Gasteiger partial charge in [0.25, 0.3) is 5.91 Å². The molecule has 3 rings (SSSR count). The zero-order chi connectivity index (χ0) is 16.4. The molecule has 0 atom stereocenters. The molecule has 0 unspecified atom stereocenters. The van der Waals surface area contributed by atoms with Crippen molar-refractivity contribution in [3.8, 4) is 5.75 Å². The Labute approximate surface area is 141 Å². The van der Waals surface area contributed by atoms with Gasteiger partial charge in [0, 0.05) is 24.3 Å². The van der Waals surface area contributed by atoms with Crippen molar-refractivity contribution < 1.29 is 9.53 Å². The molecule has 1 heterocycles. The van der Waals surface area contributed by atoms with E-state index in [0.29, 0.717) is 16.3 Å². The molecule has 0 fully saturated rings. The largest absolute Gasteiger partial charge is 0.495 e. The first kappa shape index (κ1) is 15.8. The molecule has 0 radical (unpaired) electrons. The second-order valence-electron chi connectivity index (χ2n) is 5.73. The molecule has 1 amide bonds. The maximum Gasteiger partial charge on any atom is 0.255 e. The van der Waals surface area contributed by atoms with E-state index in [2.05, 4.69) is 23.3 Å². The lowest BCUT2D eigenvalue weighted by molar-refractivity contribution is 0.102. The van der Waals surface area contributed by atoms with Crippen LogP contribution in [-0.2, 0) is 13.0 Å². The first-order valence-electron chi connectivity index (χ1n) is 7.52. The molecular weight excluding hydrogens is 312 g/mol. The Morgan fingerprint density at radius 2 is 2.13 bits per heavy atom. The van der Waals surface area contributed by atoms with Gasteiger partial charge in [0.1, 0.15) is 5.75 Å². The number of benzene rings is 2. The third-order valence-corrected chi connectivity index (χ3v) is 4.41. The van der Waals surface area contributed by atoms with E-state index < -0.39 is 0 Å². The van der Waals surface area contributed by atoms with Crippen molar-refractivity contribution in [1.29, 1.82) is 0 Å². The van der Waals surface area contributed by atoms with Crippen molar-refractivity contribution in [1.82, 2.24) is 4.90 Å². The minimum atomic E-state index is -0.165. The zero-order valence-corrected chi connectivity index (χ0v) is 14.0. The number of amides is 1. The maximum absolute atomic E-state index is 12.5. The second kappa shape index (κ2) is 6.60. The Morgan fingerprint density at radius 3 is 2.87 bits per heavy atom. The number of hydrogen-bond acceptors (Lipinski definition) is 3. The number of carbonyl (C=O) groups excluding carboxylic acids is 1. The molecule has 0 aromatic heterocycles. The van der Waals surface area contributed by atoms with Crippen LogP contribution in [0.5, 0.6) is 5.75 Å². The van der Waals surface area contributed by atoms with Crippen LogP contribution in [0.1, 0.15) is 21.5 Å². The van der Waals surface area contributed by atoms with Crippen molar-refractivity contribution in [2.45, 2.75) is 13.0 Å². The molecular formula is C18H19ClN2O2. The fourth-order valence-corrected chi connectivity index (χ4v) is 3.13. The monoisotopic (exact) mass is 330 g/mol. The summed E-state index contributed by atoms with van der Waals surface area (Å²) in [6, 6.07) is 11.1. The average Bonchev–Trinajstić information content (AvgIpc) is 2.54. The molecule has 1 aliphatic heterocycles. The summed E-state index contributed by atoms with van der Waals surface area (Å²) >= 11 is 6.10. The molecule has 120 valence electrons. The third kappa shape index (κ3) is 3.33. The molecule has 2 aromatic rings. The highest BCUT2D eigenvalue weighted by molar-refractivity contribution is 6.32. The van der Waals surface area contributed by atoms with E-state index in [1.165, 1.54) is 11.1 Å². The predicted molar refractivity (Wildman–Crippen MR) is 92.4 cm³/mol. The molecule has 2 aromatic carbocycles. The minimum absolute atomic E-state index is 0.165. The number of hydrogen-bond donors (Lipinski definition) is 1. The number of fused-ring (bicyclic) bond motifs is 1. The Balaban J connectivity index is 1.84. The lowest BCUT2D eigenvalue weighted by Crippen LogP contribution is -2.27. The van der Waals surface area contributed by atoms with E-state index in [0.717, 1.165) is 25.2 Å². The van der Waals surface area contributed by atoms with Gasteiger partial charge in [-0.2, -0.15) is 0 Å². The molecule has 0 bridgehead atoms. The van der Waals surface area contributed by atoms with Gasteiger partial charge in [-0.25, -0.2) is 0 Å². The number of carbonyl (C=O) groups is 1. The minimum Gasteiger partial charge on any atom is -0.495 e. The summed E-state index contributed by atoms with van der Waals surface area (Å²) in [5.74, 6) is 0.394. The van der Waals surface area contributed by atoms with Crippen LogP contribution in [0, 0.1) is 0 Å². The van der Waals surface area contributed by atoms with Gasteiger partial charge in [0.15, 0.2) is 0 Å². The molecule has 1 aliphatic rings. The van der Waals surface area contributed by atoms with Crippen molar-refractivity contribution in [3.05, 3.63) is 58.1 Å². The maximum atomic E-state index is 12.5. The zero-order valence-electron chi connectivity index (χ0n) is 13.2.